The molecule has 2 rings (SSSR count). The summed E-state index contributed by atoms with van der Waals surface area (Å²) in [5, 5.41) is 0.720. The normalized spacial score (nSPS) is 22.7. The lowest BCUT2D eigenvalue weighted by Gasteiger charge is -2.36. The molecule has 1 fully saturated rings. The van der Waals surface area contributed by atoms with Crippen LogP contribution in [-0.4, -0.2) is 35.5 Å². The van der Waals surface area contributed by atoms with Crippen LogP contribution >= 0.6 is 11.8 Å². The van der Waals surface area contributed by atoms with Crippen molar-refractivity contribution in [1.29, 1.82) is 0 Å². The van der Waals surface area contributed by atoms with E-state index >= 15 is 0 Å². The van der Waals surface area contributed by atoms with Crippen LogP contribution in [0.2, 0.25) is 0 Å². The summed E-state index contributed by atoms with van der Waals surface area (Å²) in [6.07, 6.45) is 0. The molecule has 0 amide bonds. The van der Waals surface area contributed by atoms with E-state index in [1.165, 1.54) is 16.9 Å². The molecule has 2 atom stereocenters. The van der Waals surface area contributed by atoms with Crippen LogP contribution in [-0.2, 0) is 0 Å². The first-order chi connectivity index (χ1) is 9.11. The summed E-state index contributed by atoms with van der Waals surface area (Å²) in [4.78, 5) is 2.55. The van der Waals surface area contributed by atoms with Gasteiger partial charge in [0.2, 0.25) is 0 Å². The van der Waals surface area contributed by atoms with Gasteiger partial charge in [-0.2, -0.15) is 11.8 Å². The van der Waals surface area contributed by atoms with E-state index in [9.17, 15) is 0 Å². The van der Waals surface area contributed by atoms with Crippen molar-refractivity contribution in [3.63, 3.8) is 0 Å². The molecule has 0 bridgehead atoms. The first-order valence-electron chi connectivity index (χ1n) is 7.27. The summed E-state index contributed by atoms with van der Waals surface area (Å²) in [6.45, 7) is 9.80. The molecular weight excluding hydrogens is 252 g/mol. The maximum absolute atomic E-state index is 6.03. The third-order valence-corrected chi connectivity index (χ3v) is 5.06. The van der Waals surface area contributed by atoms with Crippen LogP contribution in [0, 0.1) is 0 Å². The number of rotatable bonds is 4. The predicted molar refractivity (Wildman–Crippen MR) is 85.8 cm³/mol. The van der Waals surface area contributed by atoms with E-state index in [0.29, 0.717) is 18.5 Å². The Bertz CT molecular complexity index is 388. The van der Waals surface area contributed by atoms with Gasteiger partial charge in [-0.25, -0.2) is 0 Å². The first-order valence-corrected chi connectivity index (χ1v) is 8.32. The molecule has 0 radical (unpaired) electrons. The summed E-state index contributed by atoms with van der Waals surface area (Å²) in [6, 6.07) is 9.42. The highest BCUT2D eigenvalue weighted by Crippen LogP contribution is 2.27. The molecule has 1 aliphatic heterocycles. The molecule has 2 nitrogen and oxygen atoms in total. The molecule has 19 heavy (non-hydrogen) atoms. The molecular formula is C16H26N2S. The van der Waals surface area contributed by atoms with Crippen LogP contribution in [0.3, 0.4) is 0 Å². The Morgan fingerprint density at radius 3 is 2.42 bits per heavy atom. The zero-order valence-corrected chi connectivity index (χ0v) is 13.1. The minimum Gasteiger partial charge on any atom is -0.329 e. The predicted octanol–water partition coefficient (Wildman–Crippen LogP) is 3.25. The maximum atomic E-state index is 6.03. The highest BCUT2D eigenvalue weighted by Gasteiger charge is 2.24. The highest BCUT2D eigenvalue weighted by molar-refractivity contribution is 7.99. The van der Waals surface area contributed by atoms with Crippen molar-refractivity contribution in [2.45, 2.75) is 38.0 Å². The minimum atomic E-state index is 0.379. The third-order valence-electron chi connectivity index (χ3n) is 3.92. The number of thioether (sulfide) groups is 1. The van der Waals surface area contributed by atoms with E-state index in [4.69, 9.17) is 5.73 Å². The number of benzene rings is 1. The smallest absolute Gasteiger partial charge is 0.0471 e. The highest BCUT2D eigenvalue weighted by atomic mass is 32.2. The fourth-order valence-corrected chi connectivity index (χ4v) is 3.77. The molecule has 2 unspecified atom stereocenters. The van der Waals surface area contributed by atoms with Crippen molar-refractivity contribution in [1.82, 2.24) is 4.90 Å². The maximum Gasteiger partial charge on any atom is 0.0471 e. The molecule has 0 aromatic heterocycles. The van der Waals surface area contributed by atoms with Gasteiger partial charge in [0.15, 0.2) is 0 Å². The fraction of sp³-hybridized carbons (Fsp3) is 0.625. The molecule has 106 valence electrons. The number of hydrogen-bond donors (Lipinski definition) is 1. The van der Waals surface area contributed by atoms with Crippen molar-refractivity contribution < 1.29 is 0 Å². The Morgan fingerprint density at radius 1 is 1.26 bits per heavy atom. The van der Waals surface area contributed by atoms with E-state index in [1.807, 2.05) is 0 Å². The van der Waals surface area contributed by atoms with E-state index in [-0.39, 0.29) is 0 Å². The molecule has 3 heteroatoms. The molecule has 1 heterocycles. The molecule has 0 saturated carbocycles. The lowest BCUT2D eigenvalue weighted by molar-refractivity contribution is 0.211. The van der Waals surface area contributed by atoms with Crippen LogP contribution in [0.15, 0.2) is 24.3 Å². The number of nitrogens with zero attached hydrogens (tertiary/aromatic N) is 1. The topological polar surface area (TPSA) is 29.3 Å². The average Bonchev–Trinajstić information content (AvgIpc) is 2.40. The molecule has 1 saturated heterocycles. The van der Waals surface area contributed by atoms with Crippen LogP contribution in [0.1, 0.15) is 43.9 Å². The second-order valence-corrected chi connectivity index (χ2v) is 7.30. The van der Waals surface area contributed by atoms with Crippen molar-refractivity contribution in [2.75, 3.05) is 25.4 Å². The summed E-state index contributed by atoms with van der Waals surface area (Å²) >= 11 is 2.07. The summed E-state index contributed by atoms with van der Waals surface area (Å²) in [5.41, 5.74) is 8.80. The molecule has 1 aromatic carbocycles. The van der Waals surface area contributed by atoms with Gasteiger partial charge >= 0.3 is 0 Å². The van der Waals surface area contributed by atoms with Gasteiger partial charge in [-0.1, -0.05) is 45.0 Å². The molecule has 0 spiro atoms. The lowest BCUT2D eigenvalue weighted by atomic mass is 9.98. The molecule has 1 aromatic rings. The van der Waals surface area contributed by atoms with E-state index in [2.05, 4.69) is 61.7 Å². The minimum absolute atomic E-state index is 0.379. The Morgan fingerprint density at radius 2 is 1.89 bits per heavy atom. The fourth-order valence-electron chi connectivity index (χ4n) is 2.73. The van der Waals surface area contributed by atoms with E-state index < -0.39 is 0 Å². The van der Waals surface area contributed by atoms with Crippen molar-refractivity contribution in [2.24, 2.45) is 5.73 Å². The second-order valence-electron chi connectivity index (χ2n) is 5.75. The average molecular weight is 278 g/mol. The van der Waals surface area contributed by atoms with Gasteiger partial charge in [-0.3, -0.25) is 4.90 Å². The molecule has 1 aliphatic rings. The number of nitrogens with two attached hydrogens (primary N) is 1. The van der Waals surface area contributed by atoms with Crippen LogP contribution < -0.4 is 5.73 Å². The standard InChI is InChI=1S/C16H26N2S/c1-12(2)14-4-6-15(7-5-14)16(10-17)18-8-9-19-13(3)11-18/h4-7,12-13,16H,8-11,17H2,1-3H3. The van der Waals surface area contributed by atoms with Gasteiger partial charge in [0.25, 0.3) is 0 Å². The van der Waals surface area contributed by atoms with Crippen molar-refractivity contribution in [3.05, 3.63) is 35.4 Å². The van der Waals surface area contributed by atoms with Crippen LogP contribution in [0.5, 0.6) is 0 Å². The Labute approximate surface area is 121 Å². The molecule has 2 N–H and O–H groups in total. The Kier molecular flexibility index (Phi) is 5.31. The Hall–Kier alpha value is -0.510. The zero-order valence-electron chi connectivity index (χ0n) is 12.3. The van der Waals surface area contributed by atoms with Gasteiger partial charge in [0.05, 0.1) is 0 Å². The molecule has 0 aliphatic carbocycles. The second kappa shape index (κ2) is 6.78. The van der Waals surface area contributed by atoms with Gasteiger partial charge in [0.1, 0.15) is 0 Å². The third kappa shape index (κ3) is 3.74. The van der Waals surface area contributed by atoms with Gasteiger partial charge in [0, 0.05) is 36.7 Å². The van der Waals surface area contributed by atoms with Crippen LogP contribution in [0.25, 0.3) is 0 Å². The monoisotopic (exact) mass is 278 g/mol. The number of hydrogen-bond acceptors (Lipinski definition) is 3. The SMILES string of the molecule is CC1CN(C(CN)c2ccc(C(C)C)cc2)CCS1. The first kappa shape index (κ1) is 14.9. The van der Waals surface area contributed by atoms with Crippen molar-refractivity contribution >= 4 is 11.8 Å². The van der Waals surface area contributed by atoms with E-state index in [0.717, 1.165) is 18.3 Å². The van der Waals surface area contributed by atoms with E-state index in [1.54, 1.807) is 0 Å². The Balaban J connectivity index is 2.12. The zero-order chi connectivity index (χ0) is 13.8. The van der Waals surface area contributed by atoms with Gasteiger partial charge in [-0.05, 0) is 17.0 Å². The van der Waals surface area contributed by atoms with Gasteiger partial charge < -0.3 is 5.73 Å². The quantitative estimate of drug-likeness (QED) is 0.917. The summed E-state index contributed by atoms with van der Waals surface area (Å²) < 4.78 is 0. The van der Waals surface area contributed by atoms with Gasteiger partial charge in [-0.15, -0.1) is 0 Å². The largest absolute Gasteiger partial charge is 0.329 e. The van der Waals surface area contributed by atoms with Crippen LogP contribution in [0.4, 0.5) is 0 Å². The summed E-state index contributed by atoms with van der Waals surface area (Å²) in [5.74, 6) is 1.82. The lowest BCUT2D eigenvalue weighted by Crippen LogP contribution is -2.42. The van der Waals surface area contributed by atoms with Crippen molar-refractivity contribution in [3.8, 4) is 0 Å². The summed E-state index contributed by atoms with van der Waals surface area (Å²) in [7, 11) is 0.